The average molecular weight is 355 g/mol. The molecule has 2 N–H and O–H groups in total. The fourth-order valence-electron chi connectivity index (χ4n) is 2.40. The molecule has 0 aliphatic heterocycles. The Hall–Kier alpha value is -2.86. The molecule has 0 saturated heterocycles. The number of rotatable bonds is 6. The summed E-state index contributed by atoms with van der Waals surface area (Å²) in [6.07, 6.45) is -0.653. The Balaban J connectivity index is 1.58. The second-order valence-corrected chi connectivity index (χ2v) is 6.73. The maximum atomic E-state index is 12.2. The van der Waals surface area contributed by atoms with Crippen molar-refractivity contribution in [3.05, 3.63) is 64.4 Å². The Morgan fingerprint density at radius 3 is 2.60 bits per heavy atom. The molecular weight excluding hydrogens is 338 g/mol. The summed E-state index contributed by atoms with van der Waals surface area (Å²) in [6.45, 7) is 1.96. The molecule has 0 aliphatic rings. The van der Waals surface area contributed by atoms with E-state index < -0.39 is 12.1 Å². The smallest absolute Gasteiger partial charge is 0.345 e. The molecule has 0 radical (unpaired) electrons. The van der Waals surface area contributed by atoms with Crippen molar-refractivity contribution in [1.29, 1.82) is 0 Å². The number of benzene rings is 2. The van der Waals surface area contributed by atoms with Crippen LogP contribution in [0, 0.1) is 0 Å². The van der Waals surface area contributed by atoms with Crippen LogP contribution < -0.4 is 10.1 Å². The first kappa shape index (κ1) is 17.0. The highest BCUT2D eigenvalue weighted by atomic mass is 32.1. The summed E-state index contributed by atoms with van der Waals surface area (Å²) in [5, 5.41) is 13.8. The minimum Gasteiger partial charge on any atom is -0.481 e. The van der Waals surface area contributed by atoms with Crippen LogP contribution in [0.5, 0.6) is 5.75 Å². The number of nitrogens with one attached hydrogen (secondary N) is 1. The molecule has 0 fully saturated rings. The number of hydrogen-bond acceptors (Lipinski definition) is 4. The predicted molar refractivity (Wildman–Crippen MR) is 97.2 cm³/mol. The third-order valence-corrected chi connectivity index (χ3v) is 4.79. The minimum absolute atomic E-state index is 0.251. The Morgan fingerprint density at radius 1 is 1.12 bits per heavy atom. The molecule has 5 nitrogen and oxygen atoms in total. The van der Waals surface area contributed by atoms with Crippen molar-refractivity contribution in [3.8, 4) is 5.75 Å². The van der Waals surface area contributed by atoms with E-state index in [1.165, 1.54) is 6.07 Å². The first-order valence-electron chi connectivity index (χ1n) is 7.78. The molecule has 0 bridgehead atoms. The van der Waals surface area contributed by atoms with E-state index in [0.717, 1.165) is 27.0 Å². The molecule has 1 amide bonds. The summed E-state index contributed by atoms with van der Waals surface area (Å²) in [5.41, 5.74) is 0. The van der Waals surface area contributed by atoms with Crippen LogP contribution in [0.15, 0.2) is 54.6 Å². The van der Waals surface area contributed by atoms with Crippen molar-refractivity contribution in [3.63, 3.8) is 0 Å². The second-order valence-electron chi connectivity index (χ2n) is 5.56. The number of carboxylic acid groups (broad SMARTS) is 1. The van der Waals surface area contributed by atoms with Crippen LogP contribution in [0.3, 0.4) is 0 Å². The van der Waals surface area contributed by atoms with Crippen LogP contribution in [-0.4, -0.2) is 23.1 Å². The summed E-state index contributed by atoms with van der Waals surface area (Å²) in [5.74, 6) is -0.584. The highest BCUT2D eigenvalue weighted by molar-refractivity contribution is 7.13. The van der Waals surface area contributed by atoms with Gasteiger partial charge in [0.1, 0.15) is 10.6 Å². The number of ether oxygens (including phenoxy) is 1. The fourth-order valence-corrected chi connectivity index (χ4v) is 3.19. The third-order valence-electron chi connectivity index (χ3n) is 3.71. The standard InChI is InChI=1S/C19H17NO4S/c1-12(18(21)20-11-16-8-9-17(25-16)19(22)23)24-15-7-6-13-4-2-3-5-14(13)10-15/h2-10,12H,11H2,1H3,(H,20,21)(H,22,23). The van der Waals surface area contributed by atoms with Gasteiger partial charge in [0.2, 0.25) is 0 Å². The molecule has 0 saturated carbocycles. The molecular formula is C19H17NO4S. The lowest BCUT2D eigenvalue weighted by atomic mass is 10.1. The molecule has 3 aromatic rings. The van der Waals surface area contributed by atoms with Gasteiger partial charge in [-0.2, -0.15) is 0 Å². The summed E-state index contributed by atoms with van der Waals surface area (Å²) >= 11 is 1.14. The largest absolute Gasteiger partial charge is 0.481 e. The molecule has 3 rings (SSSR count). The predicted octanol–water partition coefficient (Wildman–Crippen LogP) is 3.68. The topological polar surface area (TPSA) is 75.6 Å². The van der Waals surface area contributed by atoms with E-state index >= 15 is 0 Å². The van der Waals surface area contributed by atoms with E-state index in [4.69, 9.17) is 9.84 Å². The van der Waals surface area contributed by atoms with Gasteiger partial charge in [-0.25, -0.2) is 4.79 Å². The zero-order valence-corrected chi connectivity index (χ0v) is 14.4. The lowest BCUT2D eigenvalue weighted by Crippen LogP contribution is -2.35. The van der Waals surface area contributed by atoms with Gasteiger partial charge in [-0.15, -0.1) is 11.3 Å². The SMILES string of the molecule is CC(Oc1ccc2ccccc2c1)C(=O)NCc1ccc(C(=O)O)s1. The lowest BCUT2D eigenvalue weighted by Gasteiger charge is -2.15. The Bertz CT molecular complexity index is 918. The number of amides is 1. The molecule has 1 unspecified atom stereocenters. The van der Waals surface area contributed by atoms with E-state index in [1.54, 1.807) is 13.0 Å². The minimum atomic E-state index is -0.962. The van der Waals surface area contributed by atoms with Crippen LogP contribution in [0.25, 0.3) is 10.8 Å². The van der Waals surface area contributed by atoms with E-state index in [9.17, 15) is 9.59 Å². The van der Waals surface area contributed by atoms with Gasteiger partial charge in [0.05, 0.1) is 6.54 Å². The van der Waals surface area contributed by atoms with Gasteiger partial charge in [-0.3, -0.25) is 4.79 Å². The molecule has 0 spiro atoms. The Morgan fingerprint density at radius 2 is 1.88 bits per heavy atom. The molecule has 1 heterocycles. The maximum Gasteiger partial charge on any atom is 0.345 e. The molecule has 1 atom stereocenters. The highest BCUT2D eigenvalue weighted by Gasteiger charge is 2.15. The van der Waals surface area contributed by atoms with Crippen molar-refractivity contribution in [2.75, 3.05) is 0 Å². The number of carbonyl (C=O) groups is 2. The van der Waals surface area contributed by atoms with Crippen molar-refractivity contribution in [1.82, 2.24) is 5.32 Å². The van der Waals surface area contributed by atoms with Crippen molar-refractivity contribution >= 4 is 34.0 Å². The first-order valence-corrected chi connectivity index (χ1v) is 8.60. The highest BCUT2D eigenvalue weighted by Crippen LogP contribution is 2.21. The van der Waals surface area contributed by atoms with E-state index in [0.29, 0.717) is 5.75 Å². The maximum absolute atomic E-state index is 12.2. The van der Waals surface area contributed by atoms with Gasteiger partial charge in [-0.05, 0) is 42.0 Å². The molecule has 128 valence electrons. The van der Waals surface area contributed by atoms with Gasteiger partial charge < -0.3 is 15.2 Å². The quantitative estimate of drug-likeness (QED) is 0.707. The van der Waals surface area contributed by atoms with Gasteiger partial charge in [-0.1, -0.05) is 30.3 Å². The van der Waals surface area contributed by atoms with Crippen LogP contribution >= 0.6 is 11.3 Å². The van der Waals surface area contributed by atoms with E-state index in [-0.39, 0.29) is 17.3 Å². The Labute approximate surface area is 148 Å². The Kier molecular flexibility index (Phi) is 5.00. The van der Waals surface area contributed by atoms with Crippen molar-refractivity contribution in [2.24, 2.45) is 0 Å². The van der Waals surface area contributed by atoms with Crippen molar-refractivity contribution < 1.29 is 19.4 Å². The molecule has 6 heteroatoms. The zero-order chi connectivity index (χ0) is 17.8. The van der Waals surface area contributed by atoms with Crippen molar-refractivity contribution in [2.45, 2.75) is 19.6 Å². The van der Waals surface area contributed by atoms with Gasteiger partial charge in [0.25, 0.3) is 5.91 Å². The number of aromatic carboxylic acids is 1. The van der Waals surface area contributed by atoms with Gasteiger partial charge in [0.15, 0.2) is 6.10 Å². The first-order chi connectivity index (χ1) is 12.0. The molecule has 0 aliphatic carbocycles. The monoisotopic (exact) mass is 355 g/mol. The van der Waals surface area contributed by atoms with Gasteiger partial charge >= 0.3 is 5.97 Å². The van der Waals surface area contributed by atoms with E-state index in [2.05, 4.69) is 5.32 Å². The fraction of sp³-hybridized carbons (Fsp3) is 0.158. The number of hydrogen-bond donors (Lipinski definition) is 2. The van der Waals surface area contributed by atoms with Crippen LogP contribution in [0.4, 0.5) is 0 Å². The normalized spacial score (nSPS) is 11.9. The number of fused-ring (bicyclic) bond motifs is 1. The molecule has 2 aromatic carbocycles. The van der Waals surface area contributed by atoms with E-state index in [1.807, 2.05) is 42.5 Å². The second kappa shape index (κ2) is 7.36. The summed E-state index contributed by atoms with van der Waals surface area (Å²) in [7, 11) is 0. The average Bonchev–Trinajstić information content (AvgIpc) is 3.09. The van der Waals surface area contributed by atoms with Gasteiger partial charge in [0, 0.05) is 4.88 Å². The molecule has 1 aromatic heterocycles. The summed E-state index contributed by atoms with van der Waals surface area (Å²) in [6, 6.07) is 16.8. The van der Waals surface area contributed by atoms with Crippen LogP contribution in [-0.2, 0) is 11.3 Å². The number of carboxylic acids is 1. The molecule has 25 heavy (non-hydrogen) atoms. The van der Waals surface area contributed by atoms with Crippen LogP contribution in [0.1, 0.15) is 21.5 Å². The summed E-state index contributed by atoms with van der Waals surface area (Å²) in [4.78, 5) is 24.1. The zero-order valence-electron chi connectivity index (χ0n) is 13.6. The summed E-state index contributed by atoms with van der Waals surface area (Å²) < 4.78 is 5.71. The van der Waals surface area contributed by atoms with Crippen LogP contribution in [0.2, 0.25) is 0 Å². The lowest BCUT2D eigenvalue weighted by molar-refractivity contribution is -0.127. The number of carbonyl (C=O) groups excluding carboxylic acids is 1. The third kappa shape index (κ3) is 4.16. The number of thiophene rings is 1.